The van der Waals surface area contributed by atoms with Crippen molar-refractivity contribution < 1.29 is 0 Å². The Labute approximate surface area is 98.1 Å². The molecule has 0 saturated heterocycles. The van der Waals surface area contributed by atoms with Crippen LogP contribution >= 0.6 is 22.6 Å². The summed E-state index contributed by atoms with van der Waals surface area (Å²) in [5.41, 5.74) is 0. The summed E-state index contributed by atoms with van der Waals surface area (Å²) in [6, 6.07) is 0. The molecule has 0 aliphatic heterocycles. The van der Waals surface area contributed by atoms with Crippen LogP contribution in [0.5, 0.6) is 0 Å². The lowest BCUT2D eigenvalue weighted by atomic mass is 10.4. The Kier molecular flexibility index (Phi) is 5.77. The van der Waals surface area contributed by atoms with E-state index < -0.39 is 0 Å². The fourth-order valence-electron chi connectivity index (χ4n) is 1.01. The van der Waals surface area contributed by atoms with Crippen LogP contribution in [0.3, 0.4) is 0 Å². The van der Waals surface area contributed by atoms with Crippen LogP contribution in [0.25, 0.3) is 0 Å². The molecule has 0 aliphatic rings. The van der Waals surface area contributed by atoms with E-state index in [4.69, 9.17) is 0 Å². The molecule has 14 heavy (non-hydrogen) atoms. The van der Waals surface area contributed by atoms with Crippen molar-refractivity contribution in [3.8, 4) is 0 Å². The SMILES string of the molecule is CCCNCCNc1ncncc1I. The Bertz CT molecular complexity index is 267. The lowest BCUT2D eigenvalue weighted by Crippen LogP contribution is -2.23. The molecule has 0 amide bonds. The summed E-state index contributed by atoms with van der Waals surface area (Å²) in [5, 5.41) is 6.57. The zero-order valence-electron chi connectivity index (χ0n) is 8.26. The zero-order valence-corrected chi connectivity index (χ0v) is 10.4. The fraction of sp³-hybridized carbons (Fsp3) is 0.556. The predicted octanol–water partition coefficient (Wildman–Crippen LogP) is 1.49. The summed E-state index contributed by atoms with van der Waals surface area (Å²) in [6.45, 7) is 5.09. The minimum absolute atomic E-state index is 0.896. The lowest BCUT2D eigenvalue weighted by Gasteiger charge is -2.07. The molecule has 0 bridgehead atoms. The van der Waals surface area contributed by atoms with Gasteiger partial charge in [0.2, 0.25) is 0 Å². The second-order valence-electron chi connectivity index (χ2n) is 2.90. The Balaban J connectivity index is 2.21. The molecule has 0 atom stereocenters. The second-order valence-corrected chi connectivity index (χ2v) is 4.06. The third-order valence-corrected chi connectivity index (χ3v) is 2.48. The number of hydrogen-bond donors (Lipinski definition) is 2. The fourth-order valence-corrected chi connectivity index (χ4v) is 1.50. The van der Waals surface area contributed by atoms with E-state index in [9.17, 15) is 0 Å². The number of halogens is 1. The van der Waals surface area contributed by atoms with Gasteiger partial charge in [-0.15, -0.1) is 0 Å². The number of anilines is 1. The summed E-state index contributed by atoms with van der Waals surface area (Å²) in [5.74, 6) is 0.916. The van der Waals surface area contributed by atoms with Crippen molar-refractivity contribution in [2.45, 2.75) is 13.3 Å². The van der Waals surface area contributed by atoms with Crippen LogP contribution in [-0.2, 0) is 0 Å². The van der Waals surface area contributed by atoms with E-state index in [0.717, 1.165) is 29.0 Å². The van der Waals surface area contributed by atoms with Gasteiger partial charge >= 0.3 is 0 Å². The first-order valence-corrected chi connectivity index (χ1v) is 5.82. The number of nitrogens with zero attached hydrogens (tertiary/aromatic N) is 2. The summed E-state index contributed by atoms with van der Waals surface area (Å²) in [4.78, 5) is 8.07. The van der Waals surface area contributed by atoms with Crippen LogP contribution in [0.15, 0.2) is 12.5 Å². The Morgan fingerprint density at radius 2 is 2.21 bits per heavy atom. The quantitative estimate of drug-likeness (QED) is 0.618. The molecule has 2 N–H and O–H groups in total. The molecule has 0 aromatic carbocycles. The maximum atomic E-state index is 4.14. The molecule has 1 rings (SSSR count). The first-order valence-electron chi connectivity index (χ1n) is 4.74. The van der Waals surface area contributed by atoms with Crippen LogP contribution in [0.2, 0.25) is 0 Å². The minimum Gasteiger partial charge on any atom is -0.368 e. The zero-order chi connectivity index (χ0) is 10.2. The van der Waals surface area contributed by atoms with Crippen molar-refractivity contribution in [2.24, 2.45) is 0 Å². The molecule has 1 aromatic heterocycles. The van der Waals surface area contributed by atoms with Crippen molar-refractivity contribution in [1.82, 2.24) is 15.3 Å². The molecule has 1 heterocycles. The maximum Gasteiger partial charge on any atom is 0.142 e. The van der Waals surface area contributed by atoms with Crippen LogP contribution in [0.1, 0.15) is 13.3 Å². The van der Waals surface area contributed by atoms with Crippen LogP contribution in [0.4, 0.5) is 5.82 Å². The van der Waals surface area contributed by atoms with E-state index in [1.807, 2.05) is 0 Å². The van der Waals surface area contributed by atoms with Crippen molar-refractivity contribution >= 4 is 28.4 Å². The highest BCUT2D eigenvalue weighted by molar-refractivity contribution is 14.1. The van der Waals surface area contributed by atoms with Gasteiger partial charge in [0, 0.05) is 19.3 Å². The van der Waals surface area contributed by atoms with Gasteiger partial charge in [0.1, 0.15) is 12.1 Å². The molecule has 0 aliphatic carbocycles. The van der Waals surface area contributed by atoms with E-state index in [0.29, 0.717) is 0 Å². The molecule has 0 saturated carbocycles. The summed E-state index contributed by atoms with van der Waals surface area (Å²) in [7, 11) is 0. The van der Waals surface area contributed by atoms with Gasteiger partial charge in [-0.25, -0.2) is 9.97 Å². The molecule has 0 spiro atoms. The van der Waals surface area contributed by atoms with Gasteiger partial charge < -0.3 is 10.6 Å². The molecular weight excluding hydrogens is 291 g/mol. The first kappa shape index (κ1) is 11.6. The molecule has 5 heteroatoms. The maximum absolute atomic E-state index is 4.14. The number of aromatic nitrogens is 2. The van der Waals surface area contributed by atoms with Gasteiger partial charge in [0.25, 0.3) is 0 Å². The van der Waals surface area contributed by atoms with Crippen LogP contribution in [-0.4, -0.2) is 29.6 Å². The molecule has 0 radical (unpaired) electrons. The lowest BCUT2D eigenvalue weighted by molar-refractivity contribution is 0.687. The predicted molar refractivity (Wildman–Crippen MR) is 66.4 cm³/mol. The van der Waals surface area contributed by atoms with E-state index >= 15 is 0 Å². The third-order valence-electron chi connectivity index (χ3n) is 1.69. The Morgan fingerprint density at radius 1 is 1.36 bits per heavy atom. The van der Waals surface area contributed by atoms with E-state index in [-0.39, 0.29) is 0 Å². The molecule has 0 unspecified atom stereocenters. The average Bonchev–Trinajstić information content (AvgIpc) is 2.20. The normalized spacial score (nSPS) is 10.1. The second kappa shape index (κ2) is 6.94. The summed E-state index contributed by atoms with van der Waals surface area (Å²) in [6.07, 6.45) is 4.53. The average molecular weight is 306 g/mol. The standard InChI is InChI=1S/C9H15IN4/c1-2-3-11-4-5-13-9-8(10)6-12-7-14-9/h6-7,11H,2-5H2,1H3,(H,12,13,14). The molecule has 4 nitrogen and oxygen atoms in total. The highest BCUT2D eigenvalue weighted by atomic mass is 127. The molecular formula is C9H15IN4. The molecule has 1 aromatic rings. The van der Waals surface area contributed by atoms with Crippen molar-refractivity contribution in [3.05, 3.63) is 16.1 Å². The largest absolute Gasteiger partial charge is 0.368 e. The number of hydrogen-bond acceptors (Lipinski definition) is 4. The van der Waals surface area contributed by atoms with E-state index in [1.54, 1.807) is 12.5 Å². The van der Waals surface area contributed by atoms with Gasteiger partial charge in [0.05, 0.1) is 3.57 Å². The van der Waals surface area contributed by atoms with Gasteiger partial charge in [-0.3, -0.25) is 0 Å². The number of rotatable bonds is 6. The van der Waals surface area contributed by atoms with Crippen molar-refractivity contribution in [3.63, 3.8) is 0 Å². The Morgan fingerprint density at radius 3 is 2.93 bits per heavy atom. The highest BCUT2D eigenvalue weighted by Gasteiger charge is 1.97. The van der Waals surface area contributed by atoms with Crippen LogP contribution in [0, 0.1) is 3.57 Å². The molecule has 78 valence electrons. The van der Waals surface area contributed by atoms with E-state index in [2.05, 4.69) is 50.1 Å². The monoisotopic (exact) mass is 306 g/mol. The number of nitrogens with one attached hydrogen (secondary N) is 2. The third kappa shape index (κ3) is 4.19. The van der Waals surface area contributed by atoms with Gasteiger partial charge in [-0.2, -0.15) is 0 Å². The van der Waals surface area contributed by atoms with Gasteiger partial charge in [-0.1, -0.05) is 6.92 Å². The minimum atomic E-state index is 0.896. The van der Waals surface area contributed by atoms with E-state index in [1.165, 1.54) is 6.42 Å². The molecule has 0 fully saturated rings. The van der Waals surface area contributed by atoms with Gasteiger partial charge in [-0.05, 0) is 35.6 Å². The van der Waals surface area contributed by atoms with Crippen LogP contribution < -0.4 is 10.6 Å². The summed E-state index contributed by atoms with van der Waals surface area (Å²) >= 11 is 2.22. The smallest absolute Gasteiger partial charge is 0.142 e. The highest BCUT2D eigenvalue weighted by Crippen LogP contribution is 2.11. The first-order chi connectivity index (χ1) is 6.84. The summed E-state index contributed by atoms with van der Waals surface area (Å²) < 4.78 is 1.06. The topological polar surface area (TPSA) is 49.8 Å². The Hall–Kier alpha value is -0.430. The van der Waals surface area contributed by atoms with Crippen molar-refractivity contribution in [1.29, 1.82) is 0 Å². The van der Waals surface area contributed by atoms with Gasteiger partial charge in [0.15, 0.2) is 0 Å². The van der Waals surface area contributed by atoms with Crippen molar-refractivity contribution in [2.75, 3.05) is 25.0 Å².